The average Bonchev–Trinajstić information content (AvgIpc) is 3.42. The van der Waals surface area contributed by atoms with Gasteiger partial charge in [0.05, 0.1) is 25.1 Å². The van der Waals surface area contributed by atoms with E-state index in [2.05, 4.69) is 16.2 Å². The predicted molar refractivity (Wildman–Crippen MR) is 122 cm³/mol. The topological polar surface area (TPSA) is 104 Å². The molecule has 0 spiro atoms. The van der Waals surface area contributed by atoms with Gasteiger partial charge < -0.3 is 14.6 Å². The molecule has 2 aromatic carbocycles. The van der Waals surface area contributed by atoms with Crippen molar-refractivity contribution in [2.75, 3.05) is 6.54 Å². The number of benzene rings is 2. The number of carbonyl (C=O) groups excluding carboxylic acids is 3. The van der Waals surface area contributed by atoms with Crippen LogP contribution in [0.5, 0.6) is 0 Å². The van der Waals surface area contributed by atoms with Crippen molar-refractivity contribution in [2.45, 2.75) is 19.4 Å². The standard InChI is InChI=1S/C23H22N4O4S/c28-20(11-16-7-3-6-15-5-1-2-9-19(15)16)24-23(32)26-25-22(30)17-12-21(29)27(13-17)14-18-8-4-10-31-18/h1-10,17H,11-14H2,(H,25,30)(H2,24,26,28,32). The number of hydrazine groups is 1. The Balaban J connectivity index is 1.24. The molecule has 1 unspecified atom stereocenters. The molecule has 0 radical (unpaired) electrons. The number of likely N-dealkylation sites (tertiary alicyclic amines) is 1. The fourth-order valence-electron chi connectivity index (χ4n) is 3.73. The van der Waals surface area contributed by atoms with E-state index < -0.39 is 5.92 Å². The highest BCUT2D eigenvalue weighted by atomic mass is 32.1. The average molecular weight is 451 g/mol. The molecule has 4 rings (SSSR count). The smallest absolute Gasteiger partial charge is 0.243 e. The van der Waals surface area contributed by atoms with Crippen LogP contribution in [0.2, 0.25) is 0 Å². The lowest BCUT2D eigenvalue weighted by atomic mass is 10.0. The van der Waals surface area contributed by atoms with Crippen LogP contribution in [-0.2, 0) is 27.3 Å². The van der Waals surface area contributed by atoms with Crippen molar-refractivity contribution in [1.82, 2.24) is 21.1 Å². The van der Waals surface area contributed by atoms with Gasteiger partial charge in [-0.25, -0.2) is 0 Å². The van der Waals surface area contributed by atoms with Crippen molar-refractivity contribution >= 4 is 45.8 Å². The summed E-state index contributed by atoms with van der Waals surface area (Å²) in [6, 6.07) is 17.1. The van der Waals surface area contributed by atoms with Crippen molar-refractivity contribution in [2.24, 2.45) is 5.92 Å². The molecule has 0 saturated carbocycles. The lowest BCUT2D eigenvalue weighted by Gasteiger charge is -2.16. The number of rotatable bonds is 5. The zero-order chi connectivity index (χ0) is 22.5. The summed E-state index contributed by atoms with van der Waals surface area (Å²) in [5, 5.41) is 4.61. The summed E-state index contributed by atoms with van der Waals surface area (Å²) in [7, 11) is 0. The van der Waals surface area contributed by atoms with Gasteiger partial charge in [-0.3, -0.25) is 25.2 Å². The third kappa shape index (κ3) is 5.12. The zero-order valence-electron chi connectivity index (χ0n) is 17.2. The van der Waals surface area contributed by atoms with Gasteiger partial charge in [-0.05, 0) is 40.7 Å². The highest BCUT2D eigenvalue weighted by Crippen LogP contribution is 2.21. The van der Waals surface area contributed by atoms with Crippen LogP contribution in [0.25, 0.3) is 10.8 Å². The molecule has 9 heteroatoms. The normalized spacial score (nSPS) is 15.6. The van der Waals surface area contributed by atoms with E-state index in [9.17, 15) is 14.4 Å². The molecular formula is C23H22N4O4S. The Hall–Kier alpha value is -3.72. The quantitative estimate of drug-likeness (QED) is 0.406. The Labute approximate surface area is 189 Å². The largest absolute Gasteiger partial charge is 0.467 e. The number of furan rings is 1. The maximum Gasteiger partial charge on any atom is 0.243 e. The van der Waals surface area contributed by atoms with E-state index in [-0.39, 0.29) is 42.2 Å². The molecule has 0 bridgehead atoms. The number of amides is 3. The minimum absolute atomic E-state index is 0.0136. The van der Waals surface area contributed by atoms with E-state index in [1.165, 1.54) is 0 Å². The molecule has 3 amide bonds. The third-order valence-electron chi connectivity index (χ3n) is 5.30. The van der Waals surface area contributed by atoms with Crippen LogP contribution in [-0.4, -0.2) is 34.3 Å². The summed E-state index contributed by atoms with van der Waals surface area (Å²) in [6.45, 7) is 0.610. The first-order valence-electron chi connectivity index (χ1n) is 10.2. The number of nitrogens with one attached hydrogen (secondary N) is 3. The van der Waals surface area contributed by atoms with Crippen molar-refractivity contribution in [3.05, 3.63) is 72.2 Å². The first-order valence-corrected chi connectivity index (χ1v) is 10.6. The molecule has 1 aliphatic rings. The Morgan fingerprint density at radius 3 is 2.69 bits per heavy atom. The summed E-state index contributed by atoms with van der Waals surface area (Å²) in [5.74, 6) is -0.640. The second-order valence-electron chi connectivity index (χ2n) is 7.56. The van der Waals surface area contributed by atoms with Gasteiger partial charge >= 0.3 is 0 Å². The van der Waals surface area contributed by atoms with Crippen LogP contribution < -0.4 is 16.2 Å². The Morgan fingerprint density at radius 2 is 1.88 bits per heavy atom. The fourth-order valence-corrected chi connectivity index (χ4v) is 3.90. The number of thiocarbonyl (C=S) groups is 1. The molecular weight excluding hydrogens is 428 g/mol. The van der Waals surface area contributed by atoms with Crippen LogP contribution in [0.1, 0.15) is 17.7 Å². The lowest BCUT2D eigenvalue weighted by Crippen LogP contribution is -2.50. The molecule has 1 atom stereocenters. The van der Waals surface area contributed by atoms with E-state index in [0.29, 0.717) is 12.3 Å². The highest BCUT2D eigenvalue weighted by Gasteiger charge is 2.34. The number of carbonyl (C=O) groups is 3. The van der Waals surface area contributed by atoms with Gasteiger partial charge in [0.25, 0.3) is 0 Å². The number of fused-ring (bicyclic) bond motifs is 1. The summed E-state index contributed by atoms with van der Waals surface area (Å²) >= 11 is 5.11. The molecule has 1 aliphatic heterocycles. The summed E-state index contributed by atoms with van der Waals surface area (Å²) in [5.41, 5.74) is 5.90. The molecule has 164 valence electrons. The molecule has 8 nitrogen and oxygen atoms in total. The van der Waals surface area contributed by atoms with Gasteiger partial charge in [0.15, 0.2) is 5.11 Å². The van der Waals surface area contributed by atoms with E-state index in [1.54, 1.807) is 23.3 Å². The van der Waals surface area contributed by atoms with E-state index in [1.807, 2.05) is 42.5 Å². The highest BCUT2D eigenvalue weighted by molar-refractivity contribution is 7.80. The number of hydrogen-bond donors (Lipinski definition) is 3. The zero-order valence-corrected chi connectivity index (χ0v) is 18.0. The minimum Gasteiger partial charge on any atom is -0.467 e. The van der Waals surface area contributed by atoms with Crippen molar-refractivity contribution in [3.8, 4) is 0 Å². The summed E-state index contributed by atoms with van der Waals surface area (Å²) in [6.07, 6.45) is 1.80. The van der Waals surface area contributed by atoms with Gasteiger partial charge in [-0.1, -0.05) is 42.5 Å². The first kappa shape index (κ1) is 21.5. The number of hydrogen-bond acceptors (Lipinski definition) is 5. The van der Waals surface area contributed by atoms with Crippen molar-refractivity contribution < 1.29 is 18.8 Å². The molecule has 32 heavy (non-hydrogen) atoms. The molecule has 1 aromatic heterocycles. The second-order valence-corrected chi connectivity index (χ2v) is 7.97. The van der Waals surface area contributed by atoms with Crippen LogP contribution in [0.3, 0.4) is 0 Å². The Bertz CT molecular complexity index is 1160. The summed E-state index contributed by atoms with van der Waals surface area (Å²) in [4.78, 5) is 38.6. The Kier molecular flexibility index (Phi) is 6.46. The molecule has 1 saturated heterocycles. The fraction of sp³-hybridized carbons (Fsp3) is 0.217. The van der Waals surface area contributed by atoms with Gasteiger partial charge in [0.2, 0.25) is 17.7 Å². The van der Waals surface area contributed by atoms with Crippen LogP contribution >= 0.6 is 12.2 Å². The van der Waals surface area contributed by atoms with Crippen LogP contribution in [0.4, 0.5) is 0 Å². The minimum atomic E-state index is -0.515. The van der Waals surface area contributed by atoms with E-state index >= 15 is 0 Å². The molecule has 3 aromatic rings. The second kappa shape index (κ2) is 9.61. The lowest BCUT2D eigenvalue weighted by molar-refractivity contribution is -0.129. The predicted octanol–water partition coefficient (Wildman–Crippen LogP) is 2.05. The van der Waals surface area contributed by atoms with Crippen LogP contribution in [0, 0.1) is 5.92 Å². The Morgan fingerprint density at radius 1 is 1.06 bits per heavy atom. The van der Waals surface area contributed by atoms with Gasteiger partial charge in [0.1, 0.15) is 5.76 Å². The van der Waals surface area contributed by atoms with Crippen molar-refractivity contribution in [1.29, 1.82) is 0 Å². The SMILES string of the molecule is O=C(Cc1cccc2ccccc12)NC(=S)NNC(=O)C1CC(=O)N(Cc2ccco2)C1. The van der Waals surface area contributed by atoms with E-state index in [0.717, 1.165) is 16.3 Å². The third-order valence-corrected chi connectivity index (χ3v) is 5.50. The number of nitrogens with zero attached hydrogens (tertiary/aromatic N) is 1. The maximum absolute atomic E-state index is 12.4. The maximum atomic E-state index is 12.4. The van der Waals surface area contributed by atoms with Gasteiger partial charge in [-0.15, -0.1) is 0 Å². The monoisotopic (exact) mass is 450 g/mol. The summed E-state index contributed by atoms with van der Waals surface area (Å²) < 4.78 is 5.26. The molecule has 1 fully saturated rings. The molecule has 3 N–H and O–H groups in total. The first-order chi connectivity index (χ1) is 15.5. The van der Waals surface area contributed by atoms with Crippen LogP contribution in [0.15, 0.2) is 65.3 Å². The molecule has 0 aliphatic carbocycles. The van der Waals surface area contributed by atoms with Crippen molar-refractivity contribution in [3.63, 3.8) is 0 Å². The molecule has 2 heterocycles. The van der Waals surface area contributed by atoms with Gasteiger partial charge in [0, 0.05) is 13.0 Å². The van der Waals surface area contributed by atoms with Gasteiger partial charge in [-0.2, -0.15) is 0 Å². The van der Waals surface area contributed by atoms with E-state index in [4.69, 9.17) is 16.6 Å².